The number of anilines is 1. The van der Waals surface area contributed by atoms with Crippen molar-refractivity contribution in [1.82, 2.24) is 0 Å². The largest absolute Gasteiger partial charge is 0.423 e. The number of nitrogens with zero attached hydrogens (tertiary/aromatic N) is 1. The van der Waals surface area contributed by atoms with E-state index in [1.807, 2.05) is 4.72 Å². The molecule has 0 heterocycles. The molecule has 0 amide bonds. The second-order valence-electron chi connectivity index (χ2n) is 3.48. The van der Waals surface area contributed by atoms with Crippen molar-refractivity contribution < 1.29 is 26.5 Å². The molecular weight excluding hydrogens is 404 g/mol. The number of nitrogens with one attached hydrogen (secondary N) is 1. The van der Waals surface area contributed by atoms with Crippen LogP contribution in [-0.2, 0) is 16.2 Å². The number of benzene rings is 1. The molecule has 0 atom stereocenters. The number of sulfonamides is 1. The van der Waals surface area contributed by atoms with E-state index in [-0.39, 0.29) is 9.26 Å². The number of nitro benzene ring substituents is 1. The molecule has 1 aromatic carbocycles. The van der Waals surface area contributed by atoms with Crippen LogP contribution >= 0.6 is 22.6 Å². The Hall–Kier alpha value is -1.11. The van der Waals surface area contributed by atoms with Gasteiger partial charge in [-0.3, -0.25) is 14.8 Å². The Labute approximate surface area is 119 Å². The van der Waals surface area contributed by atoms with Crippen molar-refractivity contribution in [3.05, 3.63) is 31.4 Å². The third kappa shape index (κ3) is 4.19. The number of hydrogen-bond donors (Lipinski definition) is 1. The summed E-state index contributed by atoms with van der Waals surface area (Å²) in [4.78, 5) is 9.41. The van der Waals surface area contributed by atoms with Crippen LogP contribution in [-0.4, -0.2) is 19.6 Å². The van der Waals surface area contributed by atoms with Crippen LogP contribution in [0.25, 0.3) is 0 Å². The van der Waals surface area contributed by atoms with Crippen molar-refractivity contribution in [3.8, 4) is 0 Å². The molecule has 0 unspecified atom stereocenters. The van der Waals surface area contributed by atoms with Crippen molar-refractivity contribution in [2.75, 3.05) is 11.0 Å². The van der Waals surface area contributed by atoms with Gasteiger partial charge in [0.1, 0.15) is 5.56 Å². The first-order chi connectivity index (χ1) is 8.42. The standard InChI is InChI=1S/C8H6F3IN2O4S/c1-19(17,18)13-6-2-4(8(9,10)11)7(14(15)16)3-5(6)12/h2-3,13H,1H3. The Kier molecular flexibility index (Phi) is 4.29. The molecule has 0 aromatic heterocycles. The summed E-state index contributed by atoms with van der Waals surface area (Å²) in [6.45, 7) is 0. The van der Waals surface area contributed by atoms with E-state index in [1.165, 1.54) is 22.6 Å². The van der Waals surface area contributed by atoms with Crippen LogP contribution in [0.3, 0.4) is 0 Å². The molecular formula is C8H6F3IN2O4S. The minimum atomic E-state index is -4.96. The number of nitro groups is 1. The first-order valence-corrected chi connectivity index (χ1v) is 7.42. The summed E-state index contributed by atoms with van der Waals surface area (Å²) in [7, 11) is -3.79. The summed E-state index contributed by atoms with van der Waals surface area (Å²) in [5.41, 5.74) is -3.00. The summed E-state index contributed by atoms with van der Waals surface area (Å²) in [5.74, 6) is 0. The minimum Gasteiger partial charge on any atom is -0.283 e. The van der Waals surface area contributed by atoms with E-state index < -0.39 is 32.4 Å². The first-order valence-electron chi connectivity index (χ1n) is 4.45. The van der Waals surface area contributed by atoms with Crippen LogP contribution < -0.4 is 4.72 Å². The van der Waals surface area contributed by atoms with E-state index in [4.69, 9.17) is 0 Å². The van der Waals surface area contributed by atoms with Gasteiger partial charge < -0.3 is 0 Å². The van der Waals surface area contributed by atoms with E-state index in [0.717, 1.165) is 6.26 Å². The maximum atomic E-state index is 12.7. The van der Waals surface area contributed by atoms with Gasteiger partial charge in [-0.2, -0.15) is 13.2 Å². The van der Waals surface area contributed by atoms with E-state index in [0.29, 0.717) is 12.1 Å². The molecule has 0 saturated carbocycles. The van der Waals surface area contributed by atoms with Gasteiger partial charge in [0, 0.05) is 9.64 Å². The van der Waals surface area contributed by atoms with Crippen molar-refractivity contribution in [1.29, 1.82) is 0 Å². The third-order valence-corrected chi connectivity index (χ3v) is 3.37. The lowest BCUT2D eigenvalue weighted by Gasteiger charge is -2.12. The molecule has 0 aliphatic heterocycles. The lowest BCUT2D eigenvalue weighted by molar-refractivity contribution is -0.388. The molecule has 0 spiro atoms. The summed E-state index contributed by atoms with van der Waals surface area (Å²) < 4.78 is 61.9. The predicted molar refractivity (Wildman–Crippen MR) is 69.3 cm³/mol. The molecule has 11 heteroatoms. The summed E-state index contributed by atoms with van der Waals surface area (Å²) in [6.07, 6.45) is -4.20. The monoisotopic (exact) mass is 410 g/mol. The second kappa shape index (κ2) is 5.11. The Morgan fingerprint density at radius 1 is 1.37 bits per heavy atom. The predicted octanol–water partition coefficient (Wildman–Crippen LogP) is 2.59. The highest BCUT2D eigenvalue weighted by atomic mass is 127. The fourth-order valence-corrected chi connectivity index (χ4v) is 2.56. The fraction of sp³-hybridized carbons (Fsp3) is 0.250. The van der Waals surface area contributed by atoms with Crippen LogP contribution in [0.1, 0.15) is 5.56 Å². The quantitative estimate of drug-likeness (QED) is 0.472. The van der Waals surface area contributed by atoms with Crippen LogP contribution in [0.15, 0.2) is 12.1 Å². The smallest absolute Gasteiger partial charge is 0.283 e. The Bertz CT molecular complexity index is 630. The molecule has 0 radical (unpaired) electrons. The number of rotatable bonds is 3. The normalized spacial score (nSPS) is 12.3. The van der Waals surface area contributed by atoms with E-state index >= 15 is 0 Å². The van der Waals surface area contributed by atoms with Gasteiger partial charge in [0.25, 0.3) is 5.69 Å². The number of alkyl halides is 3. The van der Waals surface area contributed by atoms with Crippen molar-refractivity contribution in [3.63, 3.8) is 0 Å². The zero-order valence-corrected chi connectivity index (χ0v) is 12.1. The van der Waals surface area contributed by atoms with Crippen LogP contribution in [0, 0.1) is 13.7 Å². The zero-order valence-electron chi connectivity index (χ0n) is 9.16. The molecule has 19 heavy (non-hydrogen) atoms. The SMILES string of the molecule is CS(=O)(=O)Nc1cc(C(F)(F)F)c([N+](=O)[O-])cc1I. The fourth-order valence-electron chi connectivity index (χ4n) is 1.22. The maximum Gasteiger partial charge on any atom is 0.423 e. The average Bonchev–Trinajstić information content (AvgIpc) is 2.16. The lowest BCUT2D eigenvalue weighted by atomic mass is 10.1. The molecule has 1 N–H and O–H groups in total. The number of hydrogen-bond acceptors (Lipinski definition) is 4. The molecule has 0 aliphatic carbocycles. The molecule has 106 valence electrons. The van der Waals surface area contributed by atoms with Gasteiger partial charge in [0.05, 0.1) is 16.9 Å². The first kappa shape index (κ1) is 15.9. The van der Waals surface area contributed by atoms with Gasteiger partial charge >= 0.3 is 6.18 Å². The van der Waals surface area contributed by atoms with Gasteiger partial charge in [0.2, 0.25) is 10.0 Å². The van der Waals surface area contributed by atoms with E-state index in [2.05, 4.69) is 0 Å². The molecule has 1 aromatic rings. The average molecular weight is 410 g/mol. The van der Waals surface area contributed by atoms with Crippen LogP contribution in [0.4, 0.5) is 24.5 Å². The van der Waals surface area contributed by atoms with Crippen molar-refractivity contribution in [2.45, 2.75) is 6.18 Å². The van der Waals surface area contributed by atoms with Gasteiger partial charge in [-0.1, -0.05) is 0 Å². The lowest BCUT2D eigenvalue weighted by Crippen LogP contribution is -2.14. The Balaban J connectivity index is 3.52. The van der Waals surface area contributed by atoms with Crippen LogP contribution in [0.2, 0.25) is 0 Å². The van der Waals surface area contributed by atoms with Crippen molar-refractivity contribution in [2.24, 2.45) is 0 Å². The molecule has 0 bridgehead atoms. The molecule has 0 aliphatic rings. The van der Waals surface area contributed by atoms with E-state index in [9.17, 15) is 31.7 Å². The van der Waals surface area contributed by atoms with Crippen molar-refractivity contribution >= 4 is 44.0 Å². The molecule has 0 fully saturated rings. The summed E-state index contributed by atoms with van der Waals surface area (Å²) in [5, 5.41) is 10.6. The Morgan fingerprint density at radius 3 is 2.26 bits per heavy atom. The number of halogens is 4. The highest BCUT2D eigenvalue weighted by Crippen LogP contribution is 2.39. The highest BCUT2D eigenvalue weighted by molar-refractivity contribution is 14.1. The van der Waals surface area contributed by atoms with Gasteiger partial charge in [0.15, 0.2) is 0 Å². The summed E-state index contributed by atoms with van der Waals surface area (Å²) in [6, 6.07) is 1.07. The molecule has 0 saturated heterocycles. The second-order valence-corrected chi connectivity index (χ2v) is 6.39. The van der Waals surface area contributed by atoms with Gasteiger partial charge in [-0.25, -0.2) is 8.42 Å². The van der Waals surface area contributed by atoms with E-state index in [1.54, 1.807) is 0 Å². The van der Waals surface area contributed by atoms with Gasteiger partial charge in [-0.05, 0) is 28.7 Å². The minimum absolute atomic E-state index is 0.0114. The Morgan fingerprint density at radius 2 is 1.89 bits per heavy atom. The zero-order chi connectivity index (χ0) is 15.0. The molecule has 6 nitrogen and oxygen atoms in total. The molecule has 1 rings (SSSR count). The highest BCUT2D eigenvalue weighted by Gasteiger charge is 2.39. The summed E-state index contributed by atoms with van der Waals surface area (Å²) >= 11 is 1.51. The van der Waals surface area contributed by atoms with Crippen LogP contribution in [0.5, 0.6) is 0 Å². The third-order valence-electron chi connectivity index (χ3n) is 1.88. The maximum absolute atomic E-state index is 12.7. The topological polar surface area (TPSA) is 89.3 Å². The van der Waals surface area contributed by atoms with Gasteiger partial charge in [-0.15, -0.1) is 0 Å².